The first-order valence-corrected chi connectivity index (χ1v) is 6.45. The number of halogens is 2. The van der Waals surface area contributed by atoms with Gasteiger partial charge in [0.05, 0.1) is 0 Å². The molecule has 0 aliphatic rings. The average molecular weight is 242 g/mol. The summed E-state index contributed by atoms with van der Waals surface area (Å²) in [4.78, 5) is 0. The fourth-order valence-electron chi connectivity index (χ4n) is 1.41. The van der Waals surface area contributed by atoms with E-state index in [9.17, 15) is 8.78 Å². The molecule has 0 saturated carbocycles. The van der Waals surface area contributed by atoms with E-state index in [1.807, 2.05) is 0 Å². The molecule has 0 saturated heterocycles. The molecule has 0 spiro atoms. The molecule has 0 nitrogen and oxygen atoms in total. The fraction of sp³-hybridized carbons (Fsp3) is 0.600. The van der Waals surface area contributed by atoms with E-state index >= 15 is 0 Å². The van der Waals surface area contributed by atoms with Gasteiger partial charge in [0.1, 0.15) is 0 Å². The summed E-state index contributed by atoms with van der Waals surface area (Å²) >= 11 is 0. The highest BCUT2D eigenvalue weighted by Gasteiger charge is 2.22. The normalized spacial score (nSPS) is 10.6. The van der Waals surface area contributed by atoms with Gasteiger partial charge in [0, 0.05) is 12.5 Å². The number of hydrogen-bond acceptors (Lipinski definition) is 0. The van der Waals surface area contributed by atoms with Gasteiger partial charge in [-0.25, -0.2) is 8.78 Å². The molecule has 1 aromatic carbocycles. The highest BCUT2D eigenvalue weighted by molar-refractivity contribution is 5.18. The van der Waals surface area contributed by atoms with Crippen molar-refractivity contribution in [2.75, 3.05) is 0 Å². The summed E-state index contributed by atoms with van der Waals surface area (Å²) < 4.78 is 24.9. The van der Waals surface area contributed by atoms with Crippen LogP contribution in [0.1, 0.15) is 58.4 Å². The summed E-state index contributed by atoms with van der Waals surface area (Å²) in [6, 6.07) is 7.76. The number of hydrogen-bond donors (Lipinski definition) is 0. The molecule has 0 aromatic heterocycles. The predicted octanol–water partition coefficient (Wildman–Crippen LogP) is 5.78. The van der Waals surface area contributed by atoms with Gasteiger partial charge in [-0.3, -0.25) is 0 Å². The third-order valence-corrected chi connectivity index (χ3v) is 2.49. The van der Waals surface area contributed by atoms with Gasteiger partial charge < -0.3 is 0 Å². The Morgan fingerprint density at radius 1 is 0.882 bits per heavy atom. The van der Waals surface area contributed by atoms with Crippen LogP contribution in [0, 0.1) is 0 Å². The third-order valence-electron chi connectivity index (χ3n) is 2.49. The summed E-state index contributed by atoms with van der Waals surface area (Å²) in [7, 11) is 0. The molecule has 0 bridgehead atoms. The molecule has 0 amide bonds. The van der Waals surface area contributed by atoms with Crippen molar-refractivity contribution in [3.05, 3.63) is 35.9 Å². The van der Waals surface area contributed by atoms with E-state index in [0.717, 1.165) is 6.92 Å². The van der Waals surface area contributed by atoms with Gasteiger partial charge in [-0.2, -0.15) is 0 Å². The van der Waals surface area contributed by atoms with Crippen LogP contribution in [0.3, 0.4) is 0 Å². The van der Waals surface area contributed by atoms with Gasteiger partial charge in [-0.05, 0) is 0 Å². The van der Waals surface area contributed by atoms with Crippen molar-refractivity contribution in [2.24, 2.45) is 0 Å². The molecule has 2 heteroatoms. The Balaban J connectivity index is 0.000000325. The summed E-state index contributed by atoms with van der Waals surface area (Å²) in [5.41, 5.74) is 0.0648. The van der Waals surface area contributed by atoms with Crippen LogP contribution in [-0.4, -0.2) is 0 Å². The SMILES string of the molecule is CC(F)(F)c1ccccc1.CCCCCCC. The van der Waals surface area contributed by atoms with E-state index in [-0.39, 0.29) is 5.56 Å². The quantitative estimate of drug-likeness (QED) is 0.574. The van der Waals surface area contributed by atoms with E-state index in [1.54, 1.807) is 18.2 Å². The van der Waals surface area contributed by atoms with Crippen molar-refractivity contribution >= 4 is 0 Å². The van der Waals surface area contributed by atoms with Crippen LogP contribution >= 0.6 is 0 Å². The van der Waals surface area contributed by atoms with E-state index < -0.39 is 5.92 Å². The van der Waals surface area contributed by atoms with Crippen LogP contribution in [0.2, 0.25) is 0 Å². The molecular formula is C15H24F2. The highest BCUT2D eigenvalue weighted by atomic mass is 19.3. The minimum Gasteiger partial charge on any atom is -0.202 e. The van der Waals surface area contributed by atoms with Gasteiger partial charge >= 0.3 is 0 Å². The standard InChI is InChI=1S/C8H8F2.C7H16/c1-8(9,10)7-5-3-2-4-6-7;1-3-5-7-6-4-2/h2-6H,1H3;3-7H2,1-2H3. The van der Waals surface area contributed by atoms with Crippen molar-refractivity contribution in [3.63, 3.8) is 0 Å². The zero-order valence-corrected chi connectivity index (χ0v) is 11.2. The van der Waals surface area contributed by atoms with E-state index in [2.05, 4.69) is 13.8 Å². The second kappa shape index (κ2) is 9.15. The van der Waals surface area contributed by atoms with Crippen LogP contribution in [0.5, 0.6) is 0 Å². The first kappa shape index (κ1) is 16.1. The minimum absolute atomic E-state index is 0.0648. The third kappa shape index (κ3) is 8.84. The Bertz CT molecular complexity index is 258. The second-order valence-corrected chi connectivity index (χ2v) is 4.32. The highest BCUT2D eigenvalue weighted by Crippen LogP contribution is 2.25. The van der Waals surface area contributed by atoms with Crippen molar-refractivity contribution < 1.29 is 8.78 Å². The van der Waals surface area contributed by atoms with Crippen molar-refractivity contribution in [2.45, 2.75) is 58.8 Å². The van der Waals surface area contributed by atoms with Crippen LogP contribution in [-0.2, 0) is 5.92 Å². The first-order chi connectivity index (χ1) is 8.02. The smallest absolute Gasteiger partial charge is 0.202 e. The molecule has 1 rings (SSSR count). The average Bonchev–Trinajstić information content (AvgIpc) is 2.31. The zero-order chi connectivity index (χ0) is 13.1. The molecule has 0 heterocycles. The second-order valence-electron chi connectivity index (χ2n) is 4.32. The largest absolute Gasteiger partial charge is 0.270 e. The lowest BCUT2D eigenvalue weighted by Crippen LogP contribution is -2.05. The van der Waals surface area contributed by atoms with Gasteiger partial charge in [0.2, 0.25) is 0 Å². The molecule has 0 fully saturated rings. The fourth-order valence-corrected chi connectivity index (χ4v) is 1.41. The van der Waals surface area contributed by atoms with Crippen LogP contribution in [0.15, 0.2) is 30.3 Å². The molecule has 98 valence electrons. The zero-order valence-electron chi connectivity index (χ0n) is 11.2. The van der Waals surface area contributed by atoms with Crippen LogP contribution < -0.4 is 0 Å². The molecule has 1 aromatic rings. The Hall–Kier alpha value is -0.920. The van der Waals surface area contributed by atoms with E-state index in [4.69, 9.17) is 0 Å². The Kier molecular flexibility index (Phi) is 8.65. The molecular weight excluding hydrogens is 218 g/mol. The van der Waals surface area contributed by atoms with Crippen molar-refractivity contribution in [1.82, 2.24) is 0 Å². The van der Waals surface area contributed by atoms with Gasteiger partial charge in [-0.15, -0.1) is 0 Å². The summed E-state index contributed by atoms with van der Waals surface area (Å²) in [5.74, 6) is -2.71. The van der Waals surface area contributed by atoms with E-state index in [1.165, 1.54) is 44.2 Å². The summed E-state index contributed by atoms with van der Waals surface area (Å²) in [5, 5.41) is 0. The number of alkyl halides is 2. The topological polar surface area (TPSA) is 0 Å². The molecule has 0 aliphatic carbocycles. The van der Waals surface area contributed by atoms with Crippen LogP contribution in [0.25, 0.3) is 0 Å². The predicted molar refractivity (Wildman–Crippen MR) is 70.4 cm³/mol. The molecule has 17 heavy (non-hydrogen) atoms. The number of rotatable bonds is 5. The van der Waals surface area contributed by atoms with Crippen molar-refractivity contribution in [1.29, 1.82) is 0 Å². The maximum absolute atomic E-state index is 12.5. The molecule has 0 aliphatic heterocycles. The maximum atomic E-state index is 12.5. The number of benzene rings is 1. The monoisotopic (exact) mass is 242 g/mol. The summed E-state index contributed by atoms with van der Waals surface area (Å²) in [6.07, 6.45) is 7.01. The molecule has 0 radical (unpaired) electrons. The van der Waals surface area contributed by atoms with Gasteiger partial charge in [0.15, 0.2) is 0 Å². The first-order valence-electron chi connectivity index (χ1n) is 6.45. The lowest BCUT2D eigenvalue weighted by Gasteiger charge is -2.08. The summed E-state index contributed by atoms with van der Waals surface area (Å²) in [6.45, 7) is 5.38. The number of unbranched alkanes of at least 4 members (excludes halogenated alkanes) is 4. The van der Waals surface area contributed by atoms with Crippen molar-refractivity contribution in [3.8, 4) is 0 Å². The van der Waals surface area contributed by atoms with Crippen LogP contribution in [0.4, 0.5) is 8.78 Å². The lowest BCUT2D eigenvalue weighted by atomic mass is 10.1. The molecule has 0 atom stereocenters. The minimum atomic E-state index is -2.71. The van der Waals surface area contributed by atoms with Gasteiger partial charge in [0.25, 0.3) is 5.92 Å². The Morgan fingerprint density at radius 3 is 1.65 bits per heavy atom. The maximum Gasteiger partial charge on any atom is 0.270 e. The molecule has 0 unspecified atom stereocenters. The Labute approximate surface area is 104 Å². The Morgan fingerprint density at radius 2 is 1.35 bits per heavy atom. The molecule has 0 N–H and O–H groups in total. The van der Waals surface area contributed by atoms with Gasteiger partial charge in [-0.1, -0.05) is 76.3 Å². The van der Waals surface area contributed by atoms with E-state index in [0.29, 0.717) is 0 Å². The lowest BCUT2D eigenvalue weighted by molar-refractivity contribution is 0.0175.